The molecule has 1 aliphatic rings. The van der Waals surface area contributed by atoms with Crippen LogP contribution >= 0.6 is 11.6 Å². The summed E-state index contributed by atoms with van der Waals surface area (Å²) in [7, 11) is 0. The normalized spacial score (nSPS) is 15.2. The fourth-order valence-corrected chi connectivity index (χ4v) is 4.25. The first-order valence-corrected chi connectivity index (χ1v) is 12.8. The quantitative estimate of drug-likeness (QED) is 0.357. The van der Waals surface area contributed by atoms with Crippen LogP contribution in [0.3, 0.4) is 0 Å². The molecule has 214 valence electrons. The van der Waals surface area contributed by atoms with Gasteiger partial charge in [0.2, 0.25) is 5.91 Å². The van der Waals surface area contributed by atoms with Crippen molar-refractivity contribution in [1.82, 2.24) is 10.2 Å². The molecule has 0 aromatic heterocycles. The van der Waals surface area contributed by atoms with E-state index in [1.165, 1.54) is 18.2 Å². The number of piperazine rings is 1. The van der Waals surface area contributed by atoms with Crippen molar-refractivity contribution in [3.63, 3.8) is 0 Å². The van der Waals surface area contributed by atoms with Gasteiger partial charge in [-0.2, -0.15) is 13.2 Å². The van der Waals surface area contributed by atoms with Gasteiger partial charge in [-0.25, -0.2) is 8.78 Å². The second kappa shape index (κ2) is 13.4. The zero-order valence-electron chi connectivity index (χ0n) is 21.3. The van der Waals surface area contributed by atoms with Crippen molar-refractivity contribution in [3.05, 3.63) is 58.1 Å². The van der Waals surface area contributed by atoms with Gasteiger partial charge in [0.15, 0.2) is 11.6 Å². The van der Waals surface area contributed by atoms with Crippen LogP contribution in [0.5, 0.6) is 0 Å². The lowest BCUT2D eigenvalue weighted by Gasteiger charge is -2.37. The number of nitrogens with zero attached hydrogens (tertiary/aromatic N) is 2. The Morgan fingerprint density at radius 3 is 2.41 bits per heavy atom. The van der Waals surface area contributed by atoms with E-state index in [0.29, 0.717) is 43.3 Å². The van der Waals surface area contributed by atoms with E-state index in [0.717, 1.165) is 6.07 Å². The van der Waals surface area contributed by atoms with Crippen molar-refractivity contribution < 1.29 is 36.6 Å². The third-order valence-corrected chi connectivity index (χ3v) is 6.64. The predicted octanol–water partition coefficient (Wildman–Crippen LogP) is 4.72. The van der Waals surface area contributed by atoms with Crippen LogP contribution in [0.4, 0.5) is 33.3 Å². The van der Waals surface area contributed by atoms with E-state index in [-0.39, 0.29) is 30.8 Å². The maximum Gasteiger partial charge on any atom is 0.390 e. The number of aliphatic hydroxyl groups is 1. The number of anilines is 2. The summed E-state index contributed by atoms with van der Waals surface area (Å²) in [5, 5.41) is 14.9. The molecule has 0 bridgehead atoms. The molecule has 1 heterocycles. The second-order valence-corrected chi connectivity index (χ2v) is 9.69. The Bertz CT molecular complexity index is 1170. The third kappa shape index (κ3) is 8.77. The molecule has 1 atom stereocenters. The molecule has 2 aromatic rings. The smallest absolute Gasteiger partial charge is 0.390 e. The van der Waals surface area contributed by atoms with E-state index in [1.54, 1.807) is 17.9 Å². The molecular weight excluding hydrogens is 547 g/mol. The van der Waals surface area contributed by atoms with E-state index >= 15 is 0 Å². The molecule has 13 heteroatoms. The van der Waals surface area contributed by atoms with Gasteiger partial charge in [0, 0.05) is 49.9 Å². The molecule has 1 aliphatic heterocycles. The Morgan fingerprint density at radius 2 is 1.77 bits per heavy atom. The Labute approximate surface area is 227 Å². The maximum atomic E-state index is 14.8. The average molecular weight is 577 g/mol. The largest absolute Gasteiger partial charge is 0.393 e. The van der Waals surface area contributed by atoms with Crippen LogP contribution in [0.1, 0.15) is 42.1 Å². The lowest BCUT2D eigenvalue weighted by atomic mass is 10.1. The van der Waals surface area contributed by atoms with Gasteiger partial charge in [0.1, 0.15) is 0 Å². The molecule has 0 radical (unpaired) electrons. The molecule has 0 aliphatic carbocycles. The van der Waals surface area contributed by atoms with Gasteiger partial charge in [0.05, 0.1) is 35.9 Å². The molecule has 39 heavy (non-hydrogen) atoms. The van der Waals surface area contributed by atoms with Crippen molar-refractivity contribution in [1.29, 1.82) is 0 Å². The number of benzene rings is 2. The van der Waals surface area contributed by atoms with Crippen molar-refractivity contribution in [3.8, 4) is 0 Å². The van der Waals surface area contributed by atoms with E-state index in [2.05, 4.69) is 10.6 Å². The molecule has 0 unspecified atom stereocenters. The molecule has 2 aromatic carbocycles. The van der Waals surface area contributed by atoms with Gasteiger partial charge < -0.3 is 20.6 Å². The SMILES string of the molecule is CC[C@@H](O)CC(=O)NCc1ccc(C(=O)Nc2ccc(Cl)cc2N2CCN(CCC(F)(F)F)CC2)c(F)c1F. The zero-order chi connectivity index (χ0) is 28.7. The average Bonchev–Trinajstić information content (AvgIpc) is 2.89. The van der Waals surface area contributed by atoms with Crippen LogP contribution in [0.2, 0.25) is 5.02 Å². The van der Waals surface area contributed by atoms with E-state index in [4.69, 9.17) is 11.6 Å². The summed E-state index contributed by atoms with van der Waals surface area (Å²) >= 11 is 6.14. The predicted molar refractivity (Wildman–Crippen MR) is 138 cm³/mol. The number of alkyl halides is 3. The van der Waals surface area contributed by atoms with E-state index in [1.807, 2.05) is 4.90 Å². The number of carbonyl (C=O) groups is 2. The van der Waals surface area contributed by atoms with Crippen molar-refractivity contribution in [2.45, 2.75) is 45.0 Å². The number of aliphatic hydroxyl groups excluding tert-OH is 1. The summed E-state index contributed by atoms with van der Waals surface area (Å²) in [4.78, 5) is 28.3. The lowest BCUT2D eigenvalue weighted by molar-refractivity contribution is -0.138. The molecule has 3 N–H and O–H groups in total. The molecule has 3 rings (SSSR count). The summed E-state index contributed by atoms with van der Waals surface area (Å²) < 4.78 is 67.1. The highest BCUT2D eigenvalue weighted by molar-refractivity contribution is 6.31. The number of hydrogen-bond acceptors (Lipinski definition) is 5. The van der Waals surface area contributed by atoms with Gasteiger partial charge in [0.25, 0.3) is 5.91 Å². The van der Waals surface area contributed by atoms with Crippen LogP contribution in [0.15, 0.2) is 30.3 Å². The molecule has 0 spiro atoms. The molecule has 1 saturated heterocycles. The molecule has 1 fully saturated rings. The summed E-state index contributed by atoms with van der Waals surface area (Å²) in [5.74, 6) is -4.12. The second-order valence-electron chi connectivity index (χ2n) is 9.25. The minimum Gasteiger partial charge on any atom is -0.393 e. The topological polar surface area (TPSA) is 84.9 Å². The van der Waals surface area contributed by atoms with Crippen molar-refractivity contribution >= 4 is 34.8 Å². The Morgan fingerprint density at radius 1 is 1.08 bits per heavy atom. The summed E-state index contributed by atoms with van der Waals surface area (Å²) in [6, 6.07) is 6.89. The number of hydrogen-bond donors (Lipinski definition) is 3. The van der Waals surface area contributed by atoms with Crippen LogP contribution in [-0.2, 0) is 11.3 Å². The van der Waals surface area contributed by atoms with Crippen molar-refractivity contribution in [2.75, 3.05) is 42.9 Å². The standard InChI is InChI=1S/C26H30ClF5N4O3/c1-2-18(37)14-22(38)33-15-16-3-5-19(24(29)23(16)28)25(39)34-20-6-4-17(27)13-21(20)36-11-9-35(10-12-36)8-7-26(30,31)32/h3-6,13,18,37H,2,7-12,14-15H2,1H3,(H,33,38)(H,34,39)/t18-/m1/s1. The molecule has 7 nitrogen and oxygen atoms in total. The van der Waals surface area contributed by atoms with Crippen LogP contribution in [0, 0.1) is 11.6 Å². The Kier molecular flexibility index (Phi) is 10.5. The van der Waals surface area contributed by atoms with Gasteiger partial charge in [-0.05, 0) is 30.7 Å². The summed E-state index contributed by atoms with van der Waals surface area (Å²) in [5.41, 5.74) is 0.0559. The van der Waals surface area contributed by atoms with Gasteiger partial charge in [-0.1, -0.05) is 24.6 Å². The van der Waals surface area contributed by atoms with Crippen LogP contribution < -0.4 is 15.5 Å². The number of nitrogens with one attached hydrogen (secondary N) is 2. The van der Waals surface area contributed by atoms with Crippen LogP contribution in [-0.4, -0.2) is 66.8 Å². The number of carbonyl (C=O) groups excluding carboxylic acids is 2. The molecule has 2 amide bonds. The molecule has 0 saturated carbocycles. The van der Waals surface area contributed by atoms with E-state index < -0.39 is 47.7 Å². The maximum absolute atomic E-state index is 14.8. The number of halogens is 6. The first-order chi connectivity index (χ1) is 18.4. The van der Waals surface area contributed by atoms with Crippen molar-refractivity contribution in [2.24, 2.45) is 0 Å². The van der Waals surface area contributed by atoms with Gasteiger partial charge in [-0.3, -0.25) is 14.5 Å². The first-order valence-electron chi connectivity index (χ1n) is 12.4. The fraction of sp³-hybridized carbons (Fsp3) is 0.462. The zero-order valence-corrected chi connectivity index (χ0v) is 22.0. The minimum absolute atomic E-state index is 0.109. The Hall–Kier alpha value is -2.96. The summed E-state index contributed by atoms with van der Waals surface area (Å²) in [6.07, 6.45) is -5.78. The number of rotatable bonds is 10. The highest BCUT2D eigenvalue weighted by Crippen LogP contribution is 2.31. The van der Waals surface area contributed by atoms with Gasteiger partial charge >= 0.3 is 6.18 Å². The van der Waals surface area contributed by atoms with E-state index in [9.17, 15) is 36.6 Å². The number of amides is 2. The monoisotopic (exact) mass is 576 g/mol. The highest BCUT2D eigenvalue weighted by Gasteiger charge is 2.29. The fourth-order valence-electron chi connectivity index (χ4n) is 4.08. The lowest BCUT2D eigenvalue weighted by Crippen LogP contribution is -2.47. The van der Waals surface area contributed by atoms with Gasteiger partial charge in [-0.15, -0.1) is 0 Å². The highest BCUT2D eigenvalue weighted by atomic mass is 35.5. The molecular formula is C26H30ClF5N4O3. The first kappa shape index (κ1) is 30.6. The third-order valence-electron chi connectivity index (χ3n) is 6.41. The Balaban J connectivity index is 1.68. The van der Waals surface area contributed by atoms with Crippen LogP contribution in [0.25, 0.3) is 0 Å². The minimum atomic E-state index is -4.24. The summed E-state index contributed by atoms with van der Waals surface area (Å²) in [6.45, 7) is 2.75.